The molecule has 43 heavy (non-hydrogen) atoms. The Morgan fingerprint density at radius 3 is 1.12 bits per heavy atom. The van der Waals surface area contributed by atoms with Crippen molar-refractivity contribution >= 4 is 54.6 Å². The number of amides is 2. The second-order valence-corrected chi connectivity index (χ2v) is 13.3. The first-order chi connectivity index (χ1) is 20.4. The molecule has 0 heterocycles. The van der Waals surface area contributed by atoms with Crippen molar-refractivity contribution in [3.63, 3.8) is 0 Å². The van der Waals surface area contributed by atoms with Crippen LogP contribution in [0, 0.1) is 13.8 Å². The molecule has 0 aliphatic heterocycles. The fourth-order valence-corrected chi connectivity index (χ4v) is 6.08. The van der Waals surface area contributed by atoms with Crippen LogP contribution in [0.2, 0.25) is 0 Å². The Labute approximate surface area is 251 Å². The first kappa shape index (κ1) is 31.3. The minimum atomic E-state index is -3.73. The highest BCUT2D eigenvalue weighted by Gasteiger charge is 2.15. The van der Waals surface area contributed by atoms with E-state index < -0.39 is 20.0 Å². The smallest absolute Gasteiger partial charge is 0.261 e. The molecule has 0 aliphatic carbocycles. The molecule has 0 aliphatic rings. The van der Waals surface area contributed by atoms with E-state index in [1.54, 1.807) is 72.8 Å². The van der Waals surface area contributed by atoms with E-state index in [2.05, 4.69) is 20.1 Å². The Morgan fingerprint density at radius 2 is 0.791 bits per heavy atom. The van der Waals surface area contributed by atoms with Crippen LogP contribution in [0.5, 0.6) is 0 Å². The van der Waals surface area contributed by atoms with Gasteiger partial charge >= 0.3 is 0 Å². The molecule has 0 radical (unpaired) electrons. The molecule has 224 valence electrons. The van der Waals surface area contributed by atoms with Gasteiger partial charge in [0.25, 0.3) is 20.0 Å². The Balaban J connectivity index is 1.19. The summed E-state index contributed by atoms with van der Waals surface area (Å²) in [5.41, 5.74) is 3.60. The Kier molecular flexibility index (Phi) is 9.84. The van der Waals surface area contributed by atoms with E-state index in [1.807, 2.05) is 13.8 Å². The van der Waals surface area contributed by atoms with Gasteiger partial charge in [-0.2, -0.15) is 0 Å². The van der Waals surface area contributed by atoms with Crippen LogP contribution in [0.15, 0.2) is 107 Å². The predicted octanol–water partition coefficient (Wildman–Crippen LogP) is 5.65. The maximum Gasteiger partial charge on any atom is 0.261 e. The van der Waals surface area contributed by atoms with E-state index in [9.17, 15) is 26.4 Å². The van der Waals surface area contributed by atoms with Gasteiger partial charge in [-0.05, 0) is 93.1 Å². The topological polar surface area (TPSA) is 151 Å². The molecule has 0 saturated carbocycles. The zero-order valence-corrected chi connectivity index (χ0v) is 25.3. The van der Waals surface area contributed by atoms with Gasteiger partial charge in [-0.15, -0.1) is 0 Å². The molecule has 0 aromatic heterocycles. The van der Waals surface area contributed by atoms with Crippen molar-refractivity contribution in [2.45, 2.75) is 42.9 Å². The van der Waals surface area contributed by atoms with Gasteiger partial charge in [0.2, 0.25) is 11.8 Å². The molecule has 12 heteroatoms. The van der Waals surface area contributed by atoms with Crippen molar-refractivity contribution in [1.82, 2.24) is 0 Å². The molecule has 0 atom stereocenters. The van der Waals surface area contributed by atoms with Crippen molar-refractivity contribution in [2.24, 2.45) is 0 Å². The van der Waals surface area contributed by atoms with Crippen LogP contribution in [-0.2, 0) is 29.6 Å². The number of sulfonamides is 2. The number of nitrogens with one attached hydrogen (secondary N) is 4. The number of hydrogen-bond donors (Lipinski definition) is 4. The molecule has 0 spiro atoms. The third kappa shape index (κ3) is 9.15. The van der Waals surface area contributed by atoms with Crippen LogP contribution in [0.3, 0.4) is 0 Å². The highest BCUT2D eigenvalue weighted by molar-refractivity contribution is 7.93. The first-order valence-corrected chi connectivity index (χ1v) is 16.4. The van der Waals surface area contributed by atoms with E-state index in [4.69, 9.17) is 0 Å². The molecule has 0 fully saturated rings. The molecule has 10 nitrogen and oxygen atoms in total. The number of carbonyl (C=O) groups excluding carboxylic acids is 2. The van der Waals surface area contributed by atoms with E-state index in [0.717, 1.165) is 11.1 Å². The van der Waals surface area contributed by atoms with Crippen molar-refractivity contribution in [1.29, 1.82) is 0 Å². The minimum Gasteiger partial charge on any atom is -0.326 e. The average molecular weight is 621 g/mol. The van der Waals surface area contributed by atoms with Crippen LogP contribution >= 0.6 is 0 Å². The molecule has 4 N–H and O–H groups in total. The number of carbonyl (C=O) groups is 2. The standard InChI is InChI=1S/C31H32N4O6S2/c1-22-6-18-28(19-7-22)42(38,39)34-26-14-10-24(11-15-26)32-30(36)4-3-5-31(37)33-25-12-16-27(17-13-25)35-43(40,41)29-20-8-23(2)9-21-29/h6-21,34-35H,3-5H2,1-2H3,(H,32,36)(H,33,37). The summed E-state index contributed by atoms with van der Waals surface area (Å²) < 4.78 is 55.2. The third-order valence-corrected chi connectivity index (χ3v) is 9.11. The van der Waals surface area contributed by atoms with Gasteiger partial charge in [0.1, 0.15) is 0 Å². The number of rotatable bonds is 12. The predicted molar refractivity (Wildman–Crippen MR) is 168 cm³/mol. The fraction of sp³-hybridized carbons (Fsp3) is 0.161. The second kappa shape index (κ2) is 13.5. The van der Waals surface area contributed by atoms with Gasteiger partial charge in [0.15, 0.2) is 0 Å². The zero-order valence-electron chi connectivity index (χ0n) is 23.6. The van der Waals surface area contributed by atoms with Gasteiger partial charge in [-0.25, -0.2) is 16.8 Å². The summed E-state index contributed by atoms with van der Waals surface area (Å²) in [6.45, 7) is 3.74. The van der Waals surface area contributed by atoms with Crippen LogP contribution in [0.25, 0.3) is 0 Å². The summed E-state index contributed by atoms with van der Waals surface area (Å²) in [7, 11) is -7.47. The van der Waals surface area contributed by atoms with Crippen LogP contribution < -0.4 is 20.1 Å². The lowest BCUT2D eigenvalue weighted by Crippen LogP contribution is -2.15. The largest absolute Gasteiger partial charge is 0.326 e. The van der Waals surface area contributed by atoms with Crippen molar-refractivity contribution in [3.8, 4) is 0 Å². The highest BCUT2D eigenvalue weighted by atomic mass is 32.2. The van der Waals surface area contributed by atoms with Crippen LogP contribution in [-0.4, -0.2) is 28.6 Å². The summed E-state index contributed by atoms with van der Waals surface area (Å²) in [4.78, 5) is 25.0. The molecular weight excluding hydrogens is 588 g/mol. The first-order valence-electron chi connectivity index (χ1n) is 13.4. The highest BCUT2D eigenvalue weighted by Crippen LogP contribution is 2.21. The van der Waals surface area contributed by atoms with Crippen molar-refractivity contribution in [3.05, 3.63) is 108 Å². The van der Waals surface area contributed by atoms with Crippen molar-refractivity contribution in [2.75, 3.05) is 20.1 Å². The number of hydrogen-bond acceptors (Lipinski definition) is 6. The van der Waals surface area contributed by atoms with Crippen molar-refractivity contribution < 1.29 is 26.4 Å². The summed E-state index contributed by atoms with van der Waals surface area (Å²) in [5, 5.41) is 5.46. The maximum absolute atomic E-state index is 12.5. The molecule has 4 rings (SSSR count). The molecule has 2 amide bonds. The fourth-order valence-electron chi connectivity index (χ4n) is 3.96. The monoisotopic (exact) mass is 620 g/mol. The molecule has 0 saturated heterocycles. The SMILES string of the molecule is Cc1ccc(S(=O)(=O)Nc2ccc(NC(=O)CCCC(=O)Nc3ccc(NS(=O)(=O)c4ccc(C)cc4)cc3)cc2)cc1. The number of aryl methyl sites for hydroxylation is 2. The molecule has 4 aromatic rings. The van der Waals surface area contributed by atoms with E-state index in [-0.39, 0.29) is 34.4 Å². The minimum absolute atomic E-state index is 0.106. The van der Waals surface area contributed by atoms with Gasteiger partial charge < -0.3 is 10.6 Å². The Morgan fingerprint density at radius 1 is 0.488 bits per heavy atom. The summed E-state index contributed by atoms with van der Waals surface area (Å²) in [6, 6.07) is 25.5. The zero-order chi connectivity index (χ0) is 31.0. The molecule has 0 bridgehead atoms. The third-order valence-electron chi connectivity index (χ3n) is 6.31. The summed E-state index contributed by atoms with van der Waals surface area (Å²) in [5.74, 6) is -0.572. The lowest BCUT2D eigenvalue weighted by Gasteiger charge is -2.10. The van der Waals surface area contributed by atoms with E-state index >= 15 is 0 Å². The van der Waals surface area contributed by atoms with Gasteiger partial charge in [-0.1, -0.05) is 35.4 Å². The molecule has 4 aromatic carbocycles. The Bertz CT molecular complexity index is 1650. The van der Waals surface area contributed by atoms with Gasteiger partial charge in [0.05, 0.1) is 9.79 Å². The summed E-state index contributed by atoms with van der Waals surface area (Å²) >= 11 is 0. The molecule has 0 unspecified atom stereocenters. The lowest BCUT2D eigenvalue weighted by atomic mass is 10.2. The second-order valence-electron chi connectivity index (χ2n) is 9.94. The lowest BCUT2D eigenvalue weighted by molar-refractivity contribution is -0.117. The normalized spacial score (nSPS) is 11.4. The Hall–Kier alpha value is -4.68. The van der Waals surface area contributed by atoms with Crippen LogP contribution in [0.4, 0.5) is 22.7 Å². The van der Waals surface area contributed by atoms with Crippen LogP contribution in [0.1, 0.15) is 30.4 Å². The summed E-state index contributed by atoms with van der Waals surface area (Å²) in [6.07, 6.45) is 0.518. The molecular formula is C31H32N4O6S2. The number of benzene rings is 4. The number of anilines is 4. The quantitative estimate of drug-likeness (QED) is 0.161. The van der Waals surface area contributed by atoms with E-state index in [0.29, 0.717) is 29.2 Å². The average Bonchev–Trinajstić information content (AvgIpc) is 2.95. The van der Waals surface area contributed by atoms with Gasteiger partial charge in [0, 0.05) is 35.6 Å². The maximum atomic E-state index is 12.5. The van der Waals surface area contributed by atoms with E-state index in [1.165, 1.54) is 24.3 Å². The van der Waals surface area contributed by atoms with Gasteiger partial charge in [-0.3, -0.25) is 19.0 Å².